The molecule has 1 heteroatoms. The van der Waals surface area contributed by atoms with Crippen molar-refractivity contribution >= 4 is 0 Å². The molecule has 0 amide bonds. The van der Waals surface area contributed by atoms with Gasteiger partial charge < -0.3 is 5.11 Å². The molecule has 0 radical (unpaired) electrons. The molecule has 3 unspecified atom stereocenters. The minimum Gasteiger partial charge on any atom is -0.396 e. The maximum atomic E-state index is 9.65. The molecule has 2 rings (SSSR count). The first-order chi connectivity index (χ1) is 8.59. The molecule has 1 aliphatic carbocycles. The number of hydrogen-bond donors (Lipinski definition) is 1. The Morgan fingerprint density at radius 2 is 1.94 bits per heavy atom. The molecule has 1 fully saturated rings. The van der Waals surface area contributed by atoms with E-state index in [0.717, 1.165) is 5.92 Å². The molecular weight excluding hydrogens is 220 g/mol. The number of hydrogen-bond acceptors (Lipinski definition) is 1. The van der Waals surface area contributed by atoms with E-state index in [-0.39, 0.29) is 5.41 Å². The Balaban J connectivity index is 2.08. The normalized spacial score (nSPS) is 31.8. The highest BCUT2D eigenvalue weighted by Gasteiger charge is 2.43. The van der Waals surface area contributed by atoms with Gasteiger partial charge >= 0.3 is 0 Å². The van der Waals surface area contributed by atoms with E-state index in [9.17, 15) is 5.11 Å². The van der Waals surface area contributed by atoms with Crippen LogP contribution in [0.25, 0.3) is 0 Å². The lowest BCUT2D eigenvalue weighted by molar-refractivity contribution is 0.0856. The van der Waals surface area contributed by atoms with Crippen molar-refractivity contribution in [2.45, 2.75) is 46.5 Å². The van der Waals surface area contributed by atoms with Gasteiger partial charge in [0.15, 0.2) is 0 Å². The Morgan fingerprint density at radius 3 is 2.50 bits per heavy atom. The standard InChI is InChI=1S/C17H26O/c1-4-16-15(9-10-17(16,3)12-18)11-14-7-5-13(2)6-8-14/h5-8,15-16,18H,4,9-12H2,1-3H3. The molecule has 0 spiro atoms. The highest BCUT2D eigenvalue weighted by Crippen LogP contribution is 2.49. The summed E-state index contributed by atoms with van der Waals surface area (Å²) in [7, 11) is 0. The Labute approximate surface area is 111 Å². The summed E-state index contributed by atoms with van der Waals surface area (Å²) in [6, 6.07) is 8.93. The van der Waals surface area contributed by atoms with Crippen LogP contribution in [0.3, 0.4) is 0 Å². The summed E-state index contributed by atoms with van der Waals surface area (Å²) in [5, 5.41) is 9.65. The fourth-order valence-corrected chi connectivity index (χ4v) is 3.76. The van der Waals surface area contributed by atoms with Gasteiger partial charge in [-0.2, -0.15) is 0 Å². The van der Waals surface area contributed by atoms with Gasteiger partial charge in [-0.1, -0.05) is 50.1 Å². The molecule has 3 atom stereocenters. The summed E-state index contributed by atoms with van der Waals surface area (Å²) in [6.45, 7) is 7.01. The van der Waals surface area contributed by atoms with Gasteiger partial charge in [-0.15, -0.1) is 0 Å². The minimum atomic E-state index is 0.157. The molecule has 0 heterocycles. The second kappa shape index (κ2) is 5.44. The summed E-state index contributed by atoms with van der Waals surface area (Å²) in [6.07, 6.45) is 4.81. The summed E-state index contributed by atoms with van der Waals surface area (Å²) >= 11 is 0. The first kappa shape index (κ1) is 13.6. The third-order valence-corrected chi connectivity index (χ3v) is 4.97. The zero-order valence-corrected chi connectivity index (χ0v) is 11.9. The molecular formula is C17H26O. The first-order valence-corrected chi connectivity index (χ1v) is 7.25. The van der Waals surface area contributed by atoms with Crippen LogP contribution in [-0.4, -0.2) is 11.7 Å². The summed E-state index contributed by atoms with van der Waals surface area (Å²) in [5.41, 5.74) is 2.94. The molecule has 0 aliphatic heterocycles. The van der Waals surface area contributed by atoms with E-state index in [1.54, 1.807) is 0 Å². The number of benzene rings is 1. The predicted octanol–water partition coefficient (Wildman–Crippen LogP) is 3.97. The van der Waals surface area contributed by atoms with Gasteiger partial charge in [0, 0.05) is 6.61 Å². The lowest BCUT2D eigenvalue weighted by Gasteiger charge is -2.32. The van der Waals surface area contributed by atoms with E-state index in [0.29, 0.717) is 12.5 Å². The second-order valence-electron chi connectivity index (χ2n) is 6.32. The van der Waals surface area contributed by atoms with Gasteiger partial charge in [-0.25, -0.2) is 0 Å². The fraction of sp³-hybridized carbons (Fsp3) is 0.647. The molecule has 1 saturated carbocycles. The molecule has 18 heavy (non-hydrogen) atoms. The van der Waals surface area contributed by atoms with E-state index in [2.05, 4.69) is 45.0 Å². The number of rotatable bonds is 4. The van der Waals surface area contributed by atoms with Crippen molar-refractivity contribution in [3.8, 4) is 0 Å². The van der Waals surface area contributed by atoms with Gasteiger partial charge in [0.25, 0.3) is 0 Å². The quantitative estimate of drug-likeness (QED) is 0.852. The lowest BCUT2D eigenvalue weighted by Crippen LogP contribution is -2.29. The van der Waals surface area contributed by atoms with Crippen molar-refractivity contribution in [2.24, 2.45) is 17.3 Å². The highest BCUT2D eigenvalue weighted by molar-refractivity contribution is 5.22. The van der Waals surface area contributed by atoms with Crippen molar-refractivity contribution in [3.05, 3.63) is 35.4 Å². The maximum Gasteiger partial charge on any atom is 0.0487 e. The average Bonchev–Trinajstić information content (AvgIpc) is 2.69. The first-order valence-electron chi connectivity index (χ1n) is 7.25. The van der Waals surface area contributed by atoms with Crippen molar-refractivity contribution in [3.63, 3.8) is 0 Å². The fourth-order valence-electron chi connectivity index (χ4n) is 3.76. The topological polar surface area (TPSA) is 20.2 Å². The summed E-state index contributed by atoms with van der Waals surface area (Å²) < 4.78 is 0. The molecule has 1 aliphatic rings. The van der Waals surface area contributed by atoms with E-state index in [1.807, 2.05) is 0 Å². The molecule has 100 valence electrons. The van der Waals surface area contributed by atoms with Crippen LogP contribution in [-0.2, 0) is 6.42 Å². The van der Waals surface area contributed by atoms with E-state index >= 15 is 0 Å². The number of aryl methyl sites for hydroxylation is 1. The highest BCUT2D eigenvalue weighted by atomic mass is 16.3. The third-order valence-electron chi connectivity index (χ3n) is 4.97. The Bertz CT molecular complexity index is 381. The van der Waals surface area contributed by atoms with Crippen molar-refractivity contribution < 1.29 is 5.11 Å². The summed E-state index contributed by atoms with van der Waals surface area (Å²) in [5.74, 6) is 1.42. The number of aliphatic hydroxyl groups excluding tert-OH is 1. The smallest absolute Gasteiger partial charge is 0.0487 e. The Morgan fingerprint density at radius 1 is 1.28 bits per heavy atom. The van der Waals surface area contributed by atoms with Crippen LogP contribution >= 0.6 is 0 Å². The minimum absolute atomic E-state index is 0.157. The molecule has 1 N–H and O–H groups in total. The number of aliphatic hydroxyl groups is 1. The van der Waals surface area contributed by atoms with E-state index < -0.39 is 0 Å². The van der Waals surface area contributed by atoms with Crippen LogP contribution in [0, 0.1) is 24.2 Å². The van der Waals surface area contributed by atoms with Crippen LogP contribution in [0.1, 0.15) is 44.2 Å². The van der Waals surface area contributed by atoms with Gasteiger partial charge in [0.05, 0.1) is 0 Å². The second-order valence-corrected chi connectivity index (χ2v) is 6.32. The molecule has 1 aromatic carbocycles. The maximum absolute atomic E-state index is 9.65. The van der Waals surface area contributed by atoms with Crippen LogP contribution in [0.15, 0.2) is 24.3 Å². The van der Waals surface area contributed by atoms with Crippen molar-refractivity contribution in [2.75, 3.05) is 6.61 Å². The van der Waals surface area contributed by atoms with Crippen LogP contribution in [0.4, 0.5) is 0 Å². The zero-order chi connectivity index (χ0) is 13.2. The van der Waals surface area contributed by atoms with E-state index in [1.165, 1.54) is 36.8 Å². The SMILES string of the molecule is CCC1C(Cc2ccc(C)cc2)CCC1(C)CO. The zero-order valence-electron chi connectivity index (χ0n) is 11.9. The molecule has 0 bridgehead atoms. The van der Waals surface area contributed by atoms with Gasteiger partial charge in [-0.3, -0.25) is 0 Å². The lowest BCUT2D eigenvalue weighted by atomic mass is 9.75. The molecule has 1 aromatic rings. The predicted molar refractivity (Wildman–Crippen MR) is 76.6 cm³/mol. The van der Waals surface area contributed by atoms with Gasteiger partial charge in [-0.05, 0) is 49.0 Å². The Kier molecular flexibility index (Phi) is 4.11. The van der Waals surface area contributed by atoms with Crippen LogP contribution in [0.5, 0.6) is 0 Å². The molecule has 0 aromatic heterocycles. The van der Waals surface area contributed by atoms with Gasteiger partial charge in [0.2, 0.25) is 0 Å². The van der Waals surface area contributed by atoms with Crippen molar-refractivity contribution in [1.82, 2.24) is 0 Å². The Hall–Kier alpha value is -0.820. The summed E-state index contributed by atoms with van der Waals surface area (Å²) in [4.78, 5) is 0. The van der Waals surface area contributed by atoms with Crippen LogP contribution in [0.2, 0.25) is 0 Å². The van der Waals surface area contributed by atoms with Crippen LogP contribution < -0.4 is 0 Å². The molecule has 1 nitrogen and oxygen atoms in total. The third kappa shape index (κ3) is 2.61. The van der Waals surface area contributed by atoms with Gasteiger partial charge in [0.1, 0.15) is 0 Å². The van der Waals surface area contributed by atoms with Crippen molar-refractivity contribution in [1.29, 1.82) is 0 Å². The largest absolute Gasteiger partial charge is 0.396 e. The van der Waals surface area contributed by atoms with E-state index in [4.69, 9.17) is 0 Å². The monoisotopic (exact) mass is 246 g/mol. The molecule has 0 saturated heterocycles. The average molecular weight is 246 g/mol.